The summed E-state index contributed by atoms with van der Waals surface area (Å²) in [6.45, 7) is 3.44. The van der Waals surface area contributed by atoms with Gasteiger partial charge in [0.25, 0.3) is 10.0 Å². The standard InChI is InChI=1S/C18H19Cl2NO3S/c1-3-13-6-5-7-14(4-2)18(13)21(12-17(20)22)25(23,24)16-10-8-15(19)9-11-16/h5-11H,3-4,12H2,1-2H3. The molecule has 0 spiro atoms. The Morgan fingerprint density at radius 3 is 1.96 bits per heavy atom. The van der Waals surface area contributed by atoms with Crippen LogP contribution in [0.5, 0.6) is 0 Å². The van der Waals surface area contributed by atoms with Gasteiger partial charge in [0.1, 0.15) is 6.54 Å². The van der Waals surface area contributed by atoms with Crippen LogP contribution < -0.4 is 4.31 Å². The molecular formula is C18H19Cl2NO3S. The van der Waals surface area contributed by atoms with E-state index in [0.717, 1.165) is 15.4 Å². The molecule has 0 amide bonds. The topological polar surface area (TPSA) is 54.5 Å². The minimum atomic E-state index is -3.96. The zero-order valence-corrected chi connectivity index (χ0v) is 16.3. The summed E-state index contributed by atoms with van der Waals surface area (Å²) in [6, 6.07) is 11.4. The Bertz CT molecular complexity index is 842. The van der Waals surface area contributed by atoms with Gasteiger partial charge in [0.05, 0.1) is 10.6 Å². The molecular weight excluding hydrogens is 381 g/mol. The van der Waals surface area contributed by atoms with E-state index in [0.29, 0.717) is 23.6 Å². The summed E-state index contributed by atoms with van der Waals surface area (Å²) in [6.07, 6.45) is 1.26. The first-order valence-electron chi connectivity index (χ1n) is 7.88. The van der Waals surface area contributed by atoms with Gasteiger partial charge in [-0.25, -0.2) is 8.42 Å². The van der Waals surface area contributed by atoms with Crippen LogP contribution in [0.25, 0.3) is 0 Å². The number of aryl methyl sites for hydroxylation is 2. The largest absolute Gasteiger partial charge is 0.279 e. The quantitative estimate of drug-likeness (QED) is 0.647. The highest BCUT2D eigenvalue weighted by molar-refractivity contribution is 7.92. The first-order chi connectivity index (χ1) is 11.8. The average molecular weight is 400 g/mol. The third-order valence-corrected chi connectivity index (χ3v) is 6.02. The van der Waals surface area contributed by atoms with E-state index >= 15 is 0 Å². The number of hydrogen-bond donors (Lipinski definition) is 0. The van der Waals surface area contributed by atoms with Crippen LogP contribution in [-0.4, -0.2) is 20.2 Å². The average Bonchev–Trinajstić information content (AvgIpc) is 2.59. The van der Waals surface area contributed by atoms with Crippen molar-refractivity contribution in [2.75, 3.05) is 10.8 Å². The summed E-state index contributed by atoms with van der Waals surface area (Å²) < 4.78 is 27.5. The fraction of sp³-hybridized carbons (Fsp3) is 0.278. The maximum absolute atomic E-state index is 13.2. The number of halogens is 2. The predicted octanol–water partition coefficient (Wildman–Crippen LogP) is 4.43. The van der Waals surface area contributed by atoms with Crippen molar-refractivity contribution in [2.24, 2.45) is 0 Å². The van der Waals surface area contributed by atoms with Gasteiger partial charge in [0, 0.05) is 5.02 Å². The number of hydrogen-bond acceptors (Lipinski definition) is 3. The Kier molecular flexibility index (Phi) is 6.49. The molecule has 2 aromatic carbocycles. The Hall–Kier alpha value is -1.56. The lowest BCUT2D eigenvalue weighted by Crippen LogP contribution is -2.36. The molecule has 0 bridgehead atoms. The maximum Gasteiger partial charge on any atom is 0.264 e. The Morgan fingerprint density at radius 1 is 1.00 bits per heavy atom. The molecule has 0 aliphatic heterocycles. The van der Waals surface area contributed by atoms with Crippen molar-refractivity contribution in [1.29, 1.82) is 0 Å². The van der Waals surface area contributed by atoms with Crippen LogP contribution in [0.1, 0.15) is 25.0 Å². The smallest absolute Gasteiger partial charge is 0.264 e. The van der Waals surface area contributed by atoms with Gasteiger partial charge in [-0.15, -0.1) is 0 Å². The van der Waals surface area contributed by atoms with E-state index in [4.69, 9.17) is 23.2 Å². The van der Waals surface area contributed by atoms with E-state index in [-0.39, 0.29) is 4.90 Å². The summed E-state index contributed by atoms with van der Waals surface area (Å²) in [4.78, 5) is 11.7. The summed E-state index contributed by atoms with van der Waals surface area (Å²) in [5.41, 5.74) is 2.21. The van der Waals surface area contributed by atoms with Crippen LogP contribution in [0.4, 0.5) is 5.69 Å². The number of rotatable bonds is 7. The lowest BCUT2D eigenvalue weighted by atomic mass is 10.0. The monoisotopic (exact) mass is 399 g/mol. The fourth-order valence-corrected chi connectivity index (χ4v) is 4.48. The van der Waals surface area contributed by atoms with Crippen LogP contribution in [0.2, 0.25) is 5.02 Å². The summed E-state index contributed by atoms with van der Waals surface area (Å²) in [5.74, 6) is 0. The van der Waals surface area contributed by atoms with Crippen molar-refractivity contribution in [3.05, 3.63) is 58.6 Å². The molecule has 25 heavy (non-hydrogen) atoms. The number of benzene rings is 2. The zero-order chi connectivity index (χ0) is 18.6. The van der Waals surface area contributed by atoms with Gasteiger partial charge in [0.2, 0.25) is 5.24 Å². The molecule has 0 aromatic heterocycles. The number of carbonyl (C=O) groups excluding carboxylic acids is 1. The molecule has 0 saturated heterocycles. The Balaban J connectivity index is 2.69. The van der Waals surface area contributed by atoms with Crippen molar-refractivity contribution in [3.63, 3.8) is 0 Å². The van der Waals surface area contributed by atoms with Gasteiger partial charge < -0.3 is 0 Å². The van der Waals surface area contributed by atoms with E-state index in [9.17, 15) is 13.2 Å². The molecule has 0 aliphatic rings. The molecule has 0 saturated carbocycles. The van der Waals surface area contributed by atoms with E-state index in [1.54, 1.807) is 0 Å². The van der Waals surface area contributed by atoms with Crippen molar-refractivity contribution >= 4 is 44.2 Å². The second-order valence-electron chi connectivity index (χ2n) is 5.45. The number of para-hydroxylation sites is 1. The lowest BCUT2D eigenvalue weighted by molar-refractivity contribution is -0.110. The predicted molar refractivity (Wildman–Crippen MR) is 102 cm³/mol. The van der Waals surface area contributed by atoms with Crippen molar-refractivity contribution < 1.29 is 13.2 Å². The molecule has 0 fully saturated rings. The first kappa shape index (κ1) is 19.8. The van der Waals surface area contributed by atoms with Crippen molar-refractivity contribution in [1.82, 2.24) is 0 Å². The van der Waals surface area contributed by atoms with Crippen molar-refractivity contribution in [2.45, 2.75) is 31.6 Å². The minimum absolute atomic E-state index is 0.0581. The van der Waals surface area contributed by atoms with Crippen LogP contribution in [0, 0.1) is 0 Å². The van der Waals surface area contributed by atoms with Gasteiger partial charge in [-0.3, -0.25) is 9.10 Å². The third-order valence-electron chi connectivity index (χ3n) is 3.88. The summed E-state index contributed by atoms with van der Waals surface area (Å²) >= 11 is 11.4. The van der Waals surface area contributed by atoms with Gasteiger partial charge >= 0.3 is 0 Å². The molecule has 2 rings (SSSR count). The third kappa shape index (κ3) is 4.35. The summed E-state index contributed by atoms with van der Waals surface area (Å²) in [7, 11) is -3.96. The summed E-state index contributed by atoms with van der Waals surface area (Å²) in [5, 5.41) is -0.312. The van der Waals surface area contributed by atoms with E-state index < -0.39 is 21.8 Å². The second-order valence-corrected chi connectivity index (χ2v) is 8.17. The highest BCUT2D eigenvalue weighted by atomic mass is 35.5. The van der Waals surface area contributed by atoms with Crippen LogP contribution in [0.3, 0.4) is 0 Å². The highest BCUT2D eigenvalue weighted by Gasteiger charge is 2.29. The molecule has 0 unspecified atom stereocenters. The normalized spacial score (nSPS) is 11.4. The lowest BCUT2D eigenvalue weighted by Gasteiger charge is -2.27. The van der Waals surface area contributed by atoms with Crippen LogP contribution in [-0.2, 0) is 27.7 Å². The molecule has 7 heteroatoms. The van der Waals surface area contributed by atoms with Gasteiger partial charge in [-0.1, -0.05) is 43.6 Å². The molecule has 134 valence electrons. The van der Waals surface area contributed by atoms with Crippen LogP contribution in [0.15, 0.2) is 47.4 Å². The van der Waals surface area contributed by atoms with Gasteiger partial charge in [-0.2, -0.15) is 0 Å². The number of sulfonamides is 1. The zero-order valence-electron chi connectivity index (χ0n) is 14.0. The van der Waals surface area contributed by atoms with Gasteiger partial charge in [-0.05, 0) is 59.8 Å². The van der Waals surface area contributed by atoms with E-state index in [1.165, 1.54) is 24.3 Å². The van der Waals surface area contributed by atoms with E-state index in [2.05, 4.69) is 0 Å². The Morgan fingerprint density at radius 2 is 1.52 bits per heavy atom. The van der Waals surface area contributed by atoms with E-state index in [1.807, 2.05) is 32.0 Å². The molecule has 0 heterocycles. The van der Waals surface area contributed by atoms with Crippen LogP contribution >= 0.6 is 23.2 Å². The van der Waals surface area contributed by atoms with Gasteiger partial charge in [0.15, 0.2) is 0 Å². The molecule has 0 atom stereocenters. The number of anilines is 1. The fourth-order valence-electron chi connectivity index (χ4n) is 2.67. The number of nitrogens with zero attached hydrogens (tertiary/aromatic N) is 1. The SMILES string of the molecule is CCc1cccc(CC)c1N(CC(=O)Cl)S(=O)(=O)c1ccc(Cl)cc1. The minimum Gasteiger partial charge on any atom is -0.279 e. The Labute approximate surface area is 158 Å². The molecule has 0 radical (unpaired) electrons. The molecule has 4 nitrogen and oxygen atoms in total. The molecule has 0 N–H and O–H groups in total. The van der Waals surface area contributed by atoms with Crippen molar-refractivity contribution in [3.8, 4) is 0 Å². The first-order valence-corrected chi connectivity index (χ1v) is 10.1. The molecule has 0 aliphatic carbocycles. The highest BCUT2D eigenvalue weighted by Crippen LogP contribution is 2.32. The number of carbonyl (C=O) groups is 1. The molecule has 2 aromatic rings. The maximum atomic E-state index is 13.2. The second kappa shape index (κ2) is 8.21.